The molecule has 0 saturated carbocycles. The van der Waals surface area contributed by atoms with Gasteiger partial charge in [-0.3, -0.25) is 0 Å². The highest BCUT2D eigenvalue weighted by Gasteiger charge is 2.15. The van der Waals surface area contributed by atoms with Crippen LogP contribution in [0.4, 0.5) is 0 Å². The van der Waals surface area contributed by atoms with Crippen LogP contribution in [0.3, 0.4) is 0 Å². The van der Waals surface area contributed by atoms with Crippen LogP contribution < -0.4 is 4.74 Å². The largest absolute Gasteiger partial charge is 0.482 e. The molecule has 5 heteroatoms. The SMILES string of the molecule is Cc1oc(-c2ccccc2)nc1COC(=O)COc1ccc2c(c1)CCC2. The summed E-state index contributed by atoms with van der Waals surface area (Å²) < 4.78 is 16.5. The summed E-state index contributed by atoms with van der Waals surface area (Å²) in [7, 11) is 0. The zero-order chi connectivity index (χ0) is 18.6. The molecule has 4 rings (SSSR count). The summed E-state index contributed by atoms with van der Waals surface area (Å²) in [6, 6.07) is 15.6. The molecule has 0 atom stereocenters. The minimum Gasteiger partial charge on any atom is -0.482 e. The lowest BCUT2D eigenvalue weighted by atomic mass is 10.1. The van der Waals surface area contributed by atoms with Crippen molar-refractivity contribution in [3.05, 3.63) is 71.1 Å². The number of hydrogen-bond donors (Lipinski definition) is 0. The lowest BCUT2D eigenvalue weighted by molar-refractivity contribution is -0.147. The topological polar surface area (TPSA) is 61.6 Å². The molecule has 1 aliphatic rings. The number of esters is 1. The zero-order valence-corrected chi connectivity index (χ0v) is 15.2. The zero-order valence-electron chi connectivity index (χ0n) is 15.2. The molecule has 0 N–H and O–H groups in total. The number of nitrogens with zero attached hydrogens (tertiary/aromatic N) is 1. The van der Waals surface area contributed by atoms with Crippen molar-refractivity contribution in [3.8, 4) is 17.2 Å². The van der Waals surface area contributed by atoms with Gasteiger partial charge in [-0.1, -0.05) is 24.3 Å². The van der Waals surface area contributed by atoms with E-state index in [9.17, 15) is 4.79 Å². The van der Waals surface area contributed by atoms with Gasteiger partial charge in [0.25, 0.3) is 0 Å². The standard InChI is InChI=1S/C22H21NO4/c1-15-20(23-22(27-15)17-6-3-2-4-7-17)13-26-21(24)14-25-19-11-10-16-8-5-9-18(16)12-19/h2-4,6-7,10-12H,5,8-9,13-14H2,1H3. The molecular weight excluding hydrogens is 342 g/mol. The molecule has 0 fully saturated rings. The van der Waals surface area contributed by atoms with Crippen molar-refractivity contribution < 1.29 is 18.7 Å². The number of carbonyl (C=O) groups is 1. The lowest BCUT2D eigenvalue weighted by Crippen LogP contribution is -2.15. The summed E-state index contributed by atoms with van der Waals surface area (Å²) >= 11 is 0. The monoisotopic (exact) mass is 363 g/mol. The van der Waals surface area contributed by atoms with Crippen LogP contribution in [0.1, 0.15) is 29.0 Å². The molecule has 0 saturated heterocycles. The van der Waals surface area contributed by atoms with Gasteiger partial charge >= 0.3 is 5.97 Å². The van der Waals surface area contributed by atoms with Gasteiger partial charge in [-0.2, -0.15) is 0 Å². The fourth-order valence-electron chi connectivity index (χ4n) is 3.24. The summed E-state index contributed by atoms with van der Waals surface area (Å²) in [6.07, 6.45) is 3.38. The van der Waals surface area contributed by atoms with E-state index >= 15 is 0 Å². The molecule has 1 aliphatic carbocycles. The number of aryl methyl sites for hydroxylation is 3. The molecule has 5 nitrogen and oxygen atoms in total. The summed E-state index contributed by atoms with van der Waals surface area (Å²) in [5.74, 6) is 1.44. The van der Waals surface area contributed by atoms with E-state index in [1.165, 1.54) is 17.5 Å². The third kappa shape index (κ3) is 4.03. The highest BCUT2D eigenvalue weighted by Crippen LogP contribution is 2.26. The van der Waals surface area contributed by atoms with E-state index in [4.69, 9.17) is 13.9 Å². The van der Waals surface area contributed by atoms with Crippen LogP contribution in [0.25, 0.3) is 11.5 Å². The Hall–Kier alpha value is -3.08. The molecule has 0 spiro atoms. The van der Waals surface area contributed by atoms with E-state index < -0.39 is 5.97 Å². The molecule has 1 heterocycles. The minimum atomic E-state index is -0.431. The number of aromatic nitrogens is 1. The van der Waals surface area contributed by atoms with Crippen molar-refractivity contribution in [2.45, 2.75) is 32.8 Å². The Bertz CT molecular complexity index is 946. The van der Waals surface area contributed by atoms with Gasteiger partial charge in [-0.05, 0) is 61.6 Å². The average Bonchev–Trinajstić information content (AvgIpc) is 3.31. The van der Waals surface area contributed by atoms with E-state index in [-0.39, 0.29) is 13.2 Å². The molecule has 0 amide bonds. The lowest BCUT2D eigenvalue weighted by Gasteiger charge is -2.08. The normalized spacial score (nSPS) is 12.6. The minimum absolute atomic E-state index is 0.0640. The van der Waals surface area contributed by atoms with Crippen LogP contribution in [-0.4, -0.2) is 17.6 Å². The molecule has 0 bridgehead atoms. The first-order valence-electron chi connectivity index (χ1n) is 9.11. The maximum absolute atomic E-state index is 12.0. The van der Waals surface area contributed by atoms with E-state index in [1.807, 2.05) is 49.4 Å². The quantitative estimate of drug-likeness (QED) is 0.612. The second kappa shape index (κ2) is 7.66. The average molecular weight is 363 g/mol. The number of benzene rings is 2. The van der Waals surface area contributed by atoms with E-state index in [2.05, 4.69) is 11.1 Å². The molecule has 1 aromatic heterocycles. The van der Waals surface area contributed by atoms with Crippen LogP contribution in [0.5, 0.6) is 5.75 Å². The molecule has 138 valence electrons. The van der Waals surface area contributed by atoms with Crippen molar-refractivity contribution in [1.82, 2.24) is 4.98 Å². The molecule has 3 aromatic rings. The first kappa shape index (κ1) is 17.3. The van der Waals surface area contributed by atoms with Crippen molar-refractivity contribution in [2.24, 2.45) is 0 Å². The number of fused-ring (bicyclic) bond motifs is 1. The smallest absolute Gasteiger partial charge is 0.344 e. The first-order chi connectivity index (χ1) is 13.2. The molecule has 0 radical (unpaired) electrons. The van der Waals surface area contributed by atoms with E-state index in [1.54, 1.807) is 0 Å². The predicted molar refractivity (Wildman–Crippen MR) is 100 cm³/mol. The maximum atomic E-state index is 12.0. The van der Waals surface area contributed by atoms with Crippen LogP contribution >= 0.6 is 0 Å². The number of hydrogen-bond acceptors (Lipinski definition) is 5. The van der Waals surface area contributed by atoms with Crippen molar-refractivity contribution in [3.63, 3.8) is 0 Å². The first-order valence-corrected chi connectivity index (χ1v) is 9.11. The Morgan fingerprint density at radius 2 is 1.93 bits per heavy atom. The number of carbonyl (C=O) groups excluding carboxylic acids is 1. The second-order valence-corrected chi connectivity index (χ2v) is 6.62. The molecule has 2 aromatic carbocycles. The fourth-order valence-corrected chi connectivity index (χ4v) is 3.24. The molecule has 27 heavy (non-hydrogen) atoms. The molecule has 0 aliphatic heterocycles. The highest BCUT2D eigenvalue weighted by molar-refractivity contribution is 5.71. The Morgan fingerprint density at radius 3 is 2.78 bits per heavy atom. The fraction of sp³-hybridized carbons (Fsp3) is 0.273. The molecular formula is C22H21NO4. The van der Waals surface area contributed by atoms with Crippen molar-refractivity contribution >= 4 is 5.97 Å². The second-order valence-electron chi connectivity index (χ2n) is 6.62. The van der Waals surface area contributed by atoms with Gasteiger partial charge in [-0.25, -0.2) is 9.78 Å². The Kier molecular flexibility index (Phi) is 4.92. The van der Waals surface area contributed by atoms with Crippen LogP contribution in [0.2, 0.25) is 0 Å². The van der Waals surface area contributed by atoms with E-state index in [0.717, 1.165) is 18.4 Å². The van der Waals surface area contributed by atoms with Crippen molar-refractivity contribution in [1.29, 1.82) is 0 Å². The van der Waals surface area contributed by atoms with E-state index in [0.29, 0.717) is 23.1 Å². The van der Waals surface area contributed by atoms with Crippen LogP contribution in [0, 0.1) is 6.92 Å². The van der Waals surface area contributed by atoms with Gasteiger partial charge in [0, 0.05) is 5.56 Å². The van der Waals surface area contributed by atoms with Gasteiger partial charge in [0.2, 0.25) is 5.89 Å². The van der Waals surface area contributed by atoms with Gasteiger partial charge < -0.3 is 13.9 Å². The third-order valence-electron chi connectivity index (χ3n) is 4.71. The summed E-state index contributed by atoms with van der Waals surface area (Å²) in [5.41, 5.74) is 4.19. The van der Waals surface area contributed by atoms with Gasteiger partial charge in [-0.15, -0.1) is 0 Å². The summed E-state index contributed by atoms with van der Waals surface area (Å²) in [4.78, 5) is 16.4. The number of ether oxygens (including phenoxy) is 2. The Labute approximate surface area is 157 Å². The van der Waals surface area contributed by atoms with Crippen molar-refractivity contribution in [2.75, 3.05) is 6.61 Å². The van der Waals surface area contributed by atoms with Crippen LogP contribution in [-0.2, 0) is 29.0 Å². The summed E-state index contributed by atoms with van der Waals surface area (Å²) in [6.45, 7) is 1.75. The predicted octanol–water partition coefficient (Wildman–Crippen LogP) is 4.26. The Morgan fingerprint density at radius 1 is 1.11 bits per heavy atom. The Balaban J connectivity index is 1.31. The third-order valence-corrected chi connectivity index (χ3v) is 4.71. The van der Waals surface area contributed by atoms with Gasteiger partial charge in [0.15, 0.2) is 6.61 Å². The summed E-state index contributed by atoms with van der Waals surface area (Å²) in [5, 5.41) is 0. The number of rotatable bonds is 6. The van der Waals surface area contributed by atoms with Crippen LogP contribution in [0.15, 0.2) is 52.9 Å². The highest BCUT2D eigenvalue weighted by atomic mass is 16.6. The molecule has 0 unspecified atom stereocenters. The number of oxazole rings is 1. The van der Waals surface area contributed by atoms with Gasteiger partial charge in [0.1, 0.15) is 23.8 Å². The van der Waals surface area contributed by atoms with Gasteiger partial charge in [0.05, 0.1) is 0 Å². The maximum Gasteiger partial charge on any atom is 0.344 e.